The minimum absolute atomic E-state index is 0.994. The van der Waals surface area contributed by atoms with E-state index in [-0.39, 0.29) is 0 Å². The summed E-state index contributed by atoms with van der Waals surface area (Å²) in [4.78, 5) is 14.6. The molecule has 2 aromatic heterocycles. The van der Waals surface area contributed by atoms with Crippen molar-refractivity contribution in [2.75, 3.05) is 0 Å². The third-order valence-corrected chi connectivity index (χ3v) is 2.61. The van der Waals surface area contributed by atoms with E-state index in [0.717, 1.165) is 35.9 Å². The van der Waals surface area contributed by atoms with Crippen LogP contribution in [0.1, 0.15) is 49.7 Å². The Labute approximate surface area is 109 Å². The quantitative estimate of drug-likeness (QED) is 0.871. The maximum atomic E-state index is 4.20. The van der Waals surface area contributed by atoms with Crippen LogP contribution in [0.3, 0.4) is 0 Å². The Morgan fingerprint density at radius 3 is 1.83 bits per heavy atom. The lowest BCUT2D eigenvalue weighted by Gasteiger charge is -1.91. The molecular weight excluding hydrogens is 224 g/mol. The lowest BCUT2D eigenvalue weighted by Crippen LogP contribution is -1.86. The highest BCUT2D eigenvalue weighted by Gasteiger charge is 1.94. The molecule has 0 aliphatic carbocycles. The van der Waals surface area contributed by atoms with Gasteiger partial charge in [-0.2, -0.15) is 0 Å². The van der Waals surface area contributed by atoms with Crippen molar-refractivity contribution < 1.29 is 0 Å². The summed E-state index contributed by atoms with van der Waals surface area (Å²) in [7, 11) is 0. The summed E-state index contributed by atoms with van der Waals surface area (Å²) in [6, 6.07) is 0. The maximum Gasteiger partial charge on any atom is 0.106 e. The van der Waals surface area contributed by atoms with Crippen LogP contribution in [0, 0.1) is 13.8 Å². The van der Waals surface area contributed by atoms with E-state index in [1.165, 1.54) is 12.8 Å². The Bertz CT molecular complexity index is 442. The molecule has 2 rings (SSSR count). The van der Waals surface area contributed by atoms with Crippen LogP contribution in [-0.2, 0) is 12.8 Å². The molecule has 0 aliphatic heterocycles. The van der Waals surface area contributed by atoms with Gasteiger partial charge in [0.1, 0.15) is 11.6 Å². The second-order valence-electron chi connectivity index (χ2n) is 4.48. The molecule has 0 amide bonds. The molecule has 0 fully saturated rings. The summed E-state index contributed by atoms with van der Waals surface area (Å²) >= 11 is 0. The normalized spacial score (nSPS) is 10.0. The first-order valence-electron chi connectivity index (χ1n) is 6.66. The van der Waals surface area contributed by atoms with E-state index in [2.05, 4.69) is 33.8 Å². The molecule has 0 aromatic carbocycles. The Hall–Kier alpha value is -1.58. The van der Waals surface area contributed by atoms with Gasteiger partial charge < -0.3 is 9.97 Å². The first-order chi connectivity index (χ1) is 8.65. The molecule has 2 aromatic rings. The van der Waals surface area contributed by atoms with Crippen molar-refractivity contribution in [1.82, 2.24) is 19.9 Å². The third kappa shape index (κ3) is 5.17. The zero-order valence-electron chi connectivity index (χ0n) is 11.9. The lowest BCUT2D eigenvalue weighted by molar-refractivity contribution is 0.761. The maximum absolute atomic E-state index is 4.20. The van der Waals surface area contributed by atoms with Crippen molar-refractivity contribution in [2.45, 2.75) is 53.4 Å². The fourth-order valence-corrected chi connectivity index (χ4v) is 1.58. The average Bonchev–Trinajstić information content (AvgIpc) is 2.96. The van der Waals surface area contributed by atoms with E-state index in [9.17, 15) is 0 Å². The molecule has 0 unspecified atom stereocenters. The fourth-order valence-electron chi connectivity index (χ4n) is 1.58. The van der Waals surface area contributed by atoms with Gasteiger partial charge in [0.25, 0.3) is 0 Å². The Morgan fingerprint density at radius 2 is 1.50 bits per heavy atom. The van der Waals surface area contributed by atoms with Crippen LogP contribution in [0.15, 0.2) is 12.4 Å². The van der Waals surface area contributed by atoms with Crippen molar-refractivity contribution in [3.05, 3.63) is 35.4 Å². The topological polar surface area (TPSA) is 57.4 Å². The van der Waals surface area contributed by atoms with Gasteiger partial charge in [0, 0.05) is 36.6 Å². The molecule has 0 bridgehead atoms. The number of hydrogen-bond acceptors (Lipinski definition) is 2. The van der Waals surface area contributed by atoms with E-state index in [0.29, 0.717) is 0 Å². The summed E-state index contributed by atoms with van der Waals surface area (Å²) in [5.41, 5.74) is 2.30. The molecule has 0 atom stereocenters. The van der Waals surface area contributed by atoms with Crippen LogP contribution in [0.4, 0.5) is 0 Å². The van der Waals surface area contributed by atoms with Crippen molar-refractivity contribution in [3.8, 4) is 0 Å². The number of aromatic nitrogens is 4. The summed E-state index contributed by atoms with van der Waals surface area (Å²) in [6.07, 6.45) is 8.27. The molecule has 0 saturated heterocycles. The first-order valence-corrected chi connectivity index (χ1v) is 6.66. The van der Waals surface area contributed by atoms with Crippen LogP contribution in [0.5, 0.6) is 0 Å². The van der Waals surface area contributed by atoms with Gasteiger partial charge >= 0.3 is 0 Å². The van der Waals surface area contributed by atoms with E-state index in [4.69, 9.17) is 0 Å². The van der Waals surface area contributed by atoms with E-state index in [1.54, 1.807) is 0 Å². The highest BCUT2D eigenvalue weighted by Crippen LogP contribution is 2.00. The van der Waals surface area contributed by atoms with Gasteiger partial charge in [-0.3, -0.25) is 0 Å². The van der Waals surface area contributed by atoms with Gasteiger partial charge in [-0.1, -0.05) is 20.3 Å². The average molecular weight is 248 g/mol. The Kier molecular flexibility index (Phi) is 6.19. The summed E-state index contributed by atoms with van der Waals surface area (Å²) in [5.74, 6) is 2.20. The zero-order valence-corrected chi connectivity index (χ0v) is 11.9. The number of aromatic amines is 2. The molecule has 2 heterocycles. The van der Waals surface area contributed by atoms with Gasteiger partial charge in [-0.05, 0) is 20.3 Å². The zero-order chi connectivity index (χ0) is 13.4. The molecule has 0 aliphatic rings. The Balaban J connectivity index is 0.000000184. The lowest BCUT2D eigenvalue weighted by atomic mass is 10.2. The van der Waals surface area contributed by atoms with Crippen molar-refractivity contribution in [3.63, 3.8) is 0 Å². The van der Waals surface area contributed by atoms with Crippen LogP contribution in [-0.4, -0.2) is 19.9 Å². The van der Waals surface area contributed by atoms with Gasteiger partial charge in [0.15, 0.2) is 0 Å². The minimum atomic E-state index is 0.994. The van der Waals surface area contributed by atoms with Crippen molar-refractivity contribution in [1.29, 1.82) is 0 Å². The first kappa shape index (κ1) is 14.5. The smallest absolute Gasteiger partial charge is 0.106 e. The molecule has 100 valence electrons. The number of nitrogens with one attached hydrogen (secondary N) is 2. The second-order valence-corrected chi connectivity index (χ2v) is 4.48. The molecule has 0 radical (unpaired) electrons. The van der Waals surface area contributed by atoms with Gasteiger partial charge in [0.2, 0.25) is 0 Å². The molecule has 4 nitrogen and oxygen atoms in total. The summed E-state index contributed by atoms with van der Waals surface area (Å²) in [6.45, 7) is 8.31. The predicted molar refractivity (Wildman–Crippen MR) is 74.6 cm³/mol. The molecule has 0 spiro atoms. The molecular formula is C14H24N4. The largest absolute Gasteiger partial charge is 0.346 e. The highest BCUT2D eigenvalue weighted by atomic mass is 14.9. The highest BCUT2D eigenvalue weighted by molar-refractivity contribution is 4.98. The van der Waals surface area contributed by atoms with E-state index >= 15 is 0 Å². The number of hydrogen-bond donors (Lipinski definition) is 2. The molecule has 2 N–H and O–H groups in total. The SMILES string of the molecule is CCCCc1ncc(C)[nH]1.CCc1ncc(C)[nH]1. The number of imidazole rings is 2. The van der Waals surface area contributed by atoms with Crippen LogP contribution in [0.2, 0.25) is 0 Å². The fraction of sp³-hybridized carbons (Fsp3) is 0.571. The predicted octanol–water partition coefficient (Wildman–Crippen LogP) is 3.34. The van der Waals surface area contributed by atoms with E-state index < -0.39 is 0 Å². The number of rotatable bonds is 4. The number of aryl methyl sites for hydroxylation is 4. The summed E-state index contributed by atoms with van der Waals surface area (Å²) < 4.78 is 0. The second kappa shape index (κ2) is 7.69. The van der Waals surface area contributed by atoms with Crippen LogP contribution >= 0.6 is 0 Å². The molecule has 18 heavy (non-hydrogen) atoms. The minimum Gasteiger partial charge on any atom is -0.346 e. The Morgan fingerprint density at radius 1 is 0.944 bits per heavy atom. The van der Waals surface area contributed by atoms with Crippen molar-refractivity contribution in [2.24, 2.45) is 0 Å². The van der Waals surface area contributed by atoms with Crippen molar-refractivity contribution >= 4 is 0 Å². The van der Waals surface area contributed by atoms with Gasteiger partial charge in [0.05, 0.1) is 0 Å². The number of nitrogens with zero attached hydrogens (tertiary/aromatic N) is 2. The van der Waals surface area contributed by atoms with Gasteiger partial charge in [-0.15, -0.1) is 0 Å². The number of unbranched alkanes of at least 4 members (excludes halogenated alkanes) is 1. The van der Waals surface area contributed by atoms with E-state index in [1.807, 2.05) is 26.2 Å². The molecule has 4 heteroatoms. The van der Waals surface area contributed by atoms with Crippen LogP contribution in [0.25, 0.3) is 0 Å². The monoisotopic (exact) mass is 248 g/mol. The van der Waals surface area contributed by atoms with Gasteiger partial charge in [-0.25, -0.2) is 9.97 Å². The van der Waals surface area contributed by atoms with Crippen LogP contribution < -0.4 is 0 Å². The number of H-pyrrole nitrogens is 2. The standard InChI is InChI=1S/C8H14N2.C6H10N2/c1-3-4-5-8-9-6-7(2)10-8;1-3-6-7-4-5(2)8-6/h6H,3-5H2,1-2H3,(H,9,10);4H,3H2,1-2H3,(H,7,8). The molecule has 0 saturated carbocycles. The third-order valence-electron chi connectivity index (χ3n) is 2.61. The summed E-state index contributed by atoms with van der Waals surface area (Å²) in [5, 5.41) is 0.